The van der Waals surface area contributed by atoms with E-state index in [4.69, 9.17) is 0 Å². The van der Waals surface area contributed by atoms with Crippen molar-refractivity contribution >= 4 is 0 Å². The lowest BCUT2D eigenvalue weighted by atomic mass is 9.58. The highest BCUT2D eigenvalue weighted by atomic mass is 16.3. The van der Waals surface area contributed by atoms with Gasteiger partial charge in [0.1, 0.15) is 0 Å². The van der Waals surface area contributed by atoms with Gasteiger partial charge in [-0.3, -0.25) is 0 Å². The van der Waals surface area contributed by atoms with E-state index in [9.17, 15) is 15.3 Å². The lowest BCUT2D eigenvalue weighted by Crippen LogP contribution is -2.39. The van der Waals surface area contributed by atoms with Crippen molar-refractivity contribution in [2.75, 3.05) is 0 Å². The Bertz CT molecular complexity index is 608. The number of aliphatic hydroxyl groups excluding tert-OH is 2. The van der Waals surface area contributed by atoms with Crippen LogP contribution in [0.3, 0.4) is 0 Å². The van der Waals surface area contributed by atoms with Crippen molar-refractivity contribution in [1.82, 2.24) is 0 Å². The Morgan fingerprint density at radius 1 is 1.24 bits per heavy atom. The molecule has 0 aromatic rings. The zero-order chi connectivity index (χ0) is 21.8. The summed E-state index contributed by atoms with van der Waals surface area (Å²) in [4.78, 5) is 0. The van der Waals surface area contributed by atoms with E-state index in [0.29, 0.717) is 30.6 Å². The van der Waals surface area contributed by atoms with Crippen LogP contribution in [0.2, 0.25) is 0 Å². The fourth-order valence-corrected chi connectivity index (χ4v) is 5.56. The van der Waals surface area contributed by atoms with Crippen molar-refractivity contribution in [2.24, 2.45) is 23.2 Å². The molecule has 0 heterocycles. The monoisotopic (exact) mass is 404 g/mol. The van der Waals surface area contributed by atoms with Crippen LogP contribution in [-0.4, -0.2) is 33.1 Å². The van der Waals surface area contributed by atoms with Crippen LogP contribution in [-0.2, 0) is 0 Å². The highest BCUT2D eigenvalue weighted by Crippen LogP contribution is 2.50. The van der Waals surface area contributed by atoms with Crippen LogP contribution in [0.15, 0.2) is 36.0 Å². The Kier molecular flexibility index (Phi) is 8.35. The minimum atomic E-state index is -0.626. The third-order valence-corrected chi connectivity index (χ3v) is 7.48. The summed E-state index contributed by atoms with van der Waals surface area (Å²) < 4.78 is 0. The maximum absolute atomic E-state index is 10.0. The van der Waals surface area contributed by atoms with E-state index in [-0.39, 0.29) is 5.41 Å². The summed E-state index contributed by atoms with van der Waals surface area (Å²) >= 11 is 0. The summed E-state index contributed by atoms with van der Waals surface area (Å²) in [6, 6.07) is 0. The number of rotatable bonds is 7. The van der Waals surface area contributed by atoms with E-state index in [1.807, 2.05) is 19.9 Å². The number of allylic oxidation sites excluding steroid dienone is 3. The lowest BCUT2D eigenvalue weighted by Gasteiger charge is -2.47. The first-order valence-corrected chi connectivity index (χ1v) is 11.6. The smallest absolute Gasteiger partial charge is 0.0811 e. The fraction of sp³-hybridized carbons (Fsp3) is 0.769. The van der Waals surface area contributed by atoms with Gasteiger partial charge in [-0.15, -0.1) is 0 Å². The van der Waals surface area contributed by atoms with E-state index in [1.165, 1.54) is 25.7 Å². The predicted octanol–water partition coefficient (Wildman–Crippen LogP) is 5.56. The molecule has 2 aliphatic carbocycles. The summed E-state index contributed by atoms with van der Waals surface area (Å²) in [7, 11) is 0. The molecular weight excluding hydrogens is 360 g/mol. The van der Waals surface area contributed by atoms with Crippen molar-refractivity contribution in [2.45, 2.75) is 104 Å². The molecule has 0 bridgehead atoms. The third kappa shape index (κ3) is 6.80. The number of aliphatic hydroxyl groups is 3. The third-order valence-electron chi connectivity index (χ3n) is 7.48. The average Bonchev–Trinajstić information content (AvgIpc) is 2.58. The van der Waals surface area contributed by atoms with Gasteiger partial charge in [0, 0.05) is 6.42 Å². The molecule has 0 saturated heterocycles. The molecule has 0 aromatic carbocycles. The van der Waals surface area contributed by atoms with E-state index in [0.717, 1.165) is 24.0 Å². The van der Waals surface area contributed by atoms with Crippen molar-refractivity contribution < 1.29 is 15.3 Å². The summed E-state index contributed by atoms with van der Waals surface area (Å²) in [5, 5.41) is 30.0. The molecule has 0 spiro atoms. The molecule has 29 heavy (non-hydrogen) atoms. The maximum Gasteiger partial charge on any atom is 0.0811 e. The average molecular weight is 405 g/mol. The SMILES string of the molecule is C=C1/C(=C\C=C\[C@H]2CCC[C@H]([C@H](C)CCCC(C)(C)O)C2(C)C)C[C@@H](O)C[C@@H]1O. The van der Waals surface area contributed by atoms with Gasteiger partial charge >= 0.3 is 0 Å². The Balaban J connectivity index is 2.01. The predicted molar refractivity (Wildman–Crippen MR) is 122 cm³/mol. The minimum Gasteiger partial charge on any atom is -0.393 e. The first kappa shape index (κ1) is 24.4. The van der Waals surface area contributed by atoms with Gasteiger partial charge in [-0.2, -0.15) is 0 Å². The van der Waals surface area contributed by atoms with Gasteiger partial charge in [0.05, 0.1) is 17.8 Å². The van der Waals surface area contributed by atoms with Crippen molar-refractivity contribution in [3.63, 3.8) is 0 Å². The van der Waals surface area contributed by atoms with Crippen LogP contribution < -0.4 is 0 Å². The molecule has 3 N–H and O–H groups in total. The van der Waals surface area contributed by atoms with Gasteiger partial charge in [-0.1, -0.05) is 64.8 Å². The molecule has 0 aliphatic heterocycles. The summed E-state index contributed by atoms with van der Waals surface area (Å²) in [5.41, 5.74) is 1.40. The molecule has 2 aliphatic rings. The van der Waals surface area contributed by atoms with Crippen LogP contribution in [0.1, 0.15) is 86.0 Å². The molecule has 2 saturated carbocycles. The Hall–Kier alpha value is -0.900. The van der Waals surface area contributed by atoms with Crippen molar-refractivity contribution in [3.8, 4) is 0 Å². The minimum absolute atomic E-state index is 0.240. The molecule has 0 unspecified atom stereocenters. The quantitative estimate of drug-likeness (QED) is 0.520. The van der Waals surface area contributed by atoms with Gasteiger partial charge in [0.2, 0.25) is 0 Å². The van der Waals surface area contributed by atoms with Gasteiger partial charge < -0.3 is 15.3 Å². The lowest BCUT2D eigenvalue weighted by molar-refractivity contribution is 0.0364. The molecular formula is C26H44O3. The first-order valence-electron chi connectivity index (χ1n) is 11.6. The second kappa shape index (κ2) is 9.94. The molecule has 2 rings (SSSR count). The highest BCUT2D eigenvalue weighted by molar-refractivity contribution is 5.37. The topological polar surface area (TPSA) is 60.7 Å². The van der Waals surface area contributed by atoms with Gasteiger partial charge in [-0.05, 0) is 73.8 Å². The highest BCUT2D eigenvalue weighted by Gasteiger charge is 2.41. The number of hydrogen-bond donors (Lipinski definition) is 3. The normalized spacial score (nSPS) is 33.4. The second-order valence-electron chi connectivity index (χ2n) is 10.9. The van der Waals surface area contributed by atoms with Crippen LogP contribution in [0, 0.1) is 23.2 Å². The van der Waals surface area contributed by atoms with E-state index in [1.54, 1.807) is 0 Å². The molecule has 2 fully saturated rings. The van der Waals surface area contributed by atoms with Crippen molar-refractivity contribution in [3.05, 3.63) is 36.0 Å². The standard InChI is InChI=1S/C26H44O3/c1-18(10-9-15-25(3,4)29)23-14-8-13-21(26(23,5)6)12-7-11-20-16-22(27)17-24(28)19(20)2/h7,11-12,18,21-24,27-29H,2,8-10,13-17H2,1,3-6H3/b12-7+,20-11-/t18-,21+,22-,23-,24+/m1/s1. The summed E-state index contributed by atoms with van der Waals surface area (Å²) in [6.07, 6.45) is 13.3. The largest absolute Gasteiger partial charge is 0.393 e. The zero-order valence-corrected chi connectivity index (χ0v) is 19.3. The second-order valence-corrected chi connectivity index (χ2v) is 10.9. The molecule has 3 nitrogen and oxygen atoms in total. The van der Waals surface area contributed by atoms with Crippen molar-refractivity contribution in [1.29, 1.82) is 0 Å². The molecule has 0 aromatic heterocycles. The van der Waals surface area contributed by atoms with E-state index < -0.39 is 17.8 Å². The molecule has 3 heteroatoms. The van der Waals surface area contributed by atoms with E-state index in [2.05, 4.69) is 39.5 Å². The molecule has 5 atom stereocenters. The molecule has 0 amide bonds. The van der Waals surface area contributed by atoms with E-state index >= 15 is 0 Å². The van der Waals surface area contributed by atoms with Crippen LogP contribution in [0.4, 0.5) is 0 Å². The fourth-order valence-electron chi connectivity index (χ4n) is 5.56. The van der Waals surface area contributed by atoms with Gasteiger partial charge in [-0.25, -0.2) is 0 Å². The Morgan fingerprint density at radius 2 is 1.93 bits per heavy atom. The number of hydrogen-bond acceptors (Lipinski definition) is 3. The van der Waals surface area contributed by atoms with Crippen LogP contribution in [0.25, 0.3) is 0 Å². The zero-order valence-electron chi connectivity index (χ0n) is 19.3. The maximum atomic E-state index is 10.0. The van der Waals surface area contributed by atoms with Crippen LogP contribution >= 0.6 is 0 Å². The Labute approximate surface area is 178 Å². The van der Waals surface area contributed by atoms with Crippen LogP contribution in [0.5, 0.6) is 0 Å². The molecule has 0 radical (unpaired) electrons. The Morgan fingerprint density at radius 3 is 2.59 bits per heavy atom. The molecule has 166 valence electrons. The first-order chi connectivity index (χ1) is 13.4. The van der Waals surface area contributed by atoms with Gasteiger partial charge in [0.25, 0.3) is 0 Å². The van der Waals surface area contributed by atoms with Gasteiger partial charge in [0.15, 0.2) is 0 Å². The summed E-state index contributed by atoms with van der Waals surface area (Å²) in [5.74, 6) is 1.88. The summed E-state index contributed by atoms with van der Waals surface area (Å²) in [6.45, 7) is 15.0.